The zero-order valence-corrected chi connectivity index (χ0v) is 11.9. The number of urea groups is 1. The lowest BCUT2D eigenvalue weighted by molar-refractivity contribution is -0.141. The van der Waals surface area contributed by atoms with E-state index in [0.29, 0.717) is 13.1 Å². The van der Waals surface area contributed by atoms with Crippen LogP contribution in [0.3, 0.4) is 0 Å². The number of imidazole rings is 1. The van der Waals surface area contributed by atoms with E-state index < -0.39 is 24.8 Å². The van der Waals surface area contributed by atoms with E-state index in [4.69, 9.17) is 0 Å². The van der Waals surface area contributed by atoms with Crippen molar-refractivity contribution < 1.29 is 22.8 Å². The molecular weight excluding hydrogens is 303 g/mol. The minimum absolute atomic E-state index is 0.0970. The smallest absolute Gasteiger partial charge is 0.353 e. The molecule has 0 aliphatic carbocycles. The third-order valence-electron chi connectivity index (χ3n) is 3.31. The van der Waals surface area contributed by atoms with Crippen LogP contribution in [-0.4, -0.2) is 51.7 Å². The van der Waals surface area contributed by atoms with Gasteiger partial charge in [0.1, 0.15) is 18.4 Å². The van der Waals surface area contributed by atoms with Gasteiger partial charge in [0.05, 0.1) is 6.54 Å². The molecular formula is C12H16F3N5O2. The molecule has 10 heteroatoms. The maximum Gasteiger partial charge on any atom is 0.406 e. The molecule has 0 radical (unpaired) electrons. The van der Waals surface area contributed by atoms with Gasteiger partial charge in [-0.15, -0.1) is 0 Å². The van der Waals surface area contributed by atoms with Crippen LogP contribution in [-0.2, 0) is 17.9 Å². The van der Waals surface area contributed by atoms with Crippen LogP contribution < -0.4 is 10.6 Å². The van der Waals surface area contributed by atoms with Crippen molar-refractivity contribution in [1.82, 2.24) is 25.1 Å². The molecule has 0 bridgehead atoms. The molecule has 1 aliphatic rings. The number of hydrogen-bond acceptors (Lipinski definition) is 3. The van der Waals surface area contributed by atoms with Crippen molar-refractivity contribution in [2.45, 2.75) is 32.2 Å². The lowest BCUT2D eigenvalue weighted by Crippen LogP contribution is -2.58. The van der Waals surface area contributed by atoms with Gasteiger partial charge < -0.3 is 20.1 Å². The van der Waals surface area contributed by atoms with E-state index in [1.807, 2.05) is 0 Å². The summed E-state index contributed by atoms with van der Waals surface area (Å²) < 4.78 is 38.1. The Kier molecular flexibility index (Phi) is 4.57. The molecule has 1 atom stereocenters. The molecule has 7 nitrogen and oxygen atoms in total. The SMILES string of the molecule is CC1C(=O)NCCN1C(=O)NCc1nccn1CC(F)(F)F. The van der Waals surface area contributed by atoms with E-state index in [9.17, 15) is 22.8 Å². The van der Waals surface area contributed by atoms with Crippen LogP contribution in [0, 0.1) is 0 Å². The van der Waals surface area contributed by atoms with Crippen LogP contribution in [0.25, 0.3) is 0 Å². The molecule has 122 valence electrons. The predicted octanol–water partition coefficient (Wildman–Crippen LogP) is 0.475. The van der Waals surface area contributed by atoms with E-state index >= 15 is 0 Å². The Balaban J connectivity index is 1.94. The fraction of sp³-hybridized carbons (Fsp3) is 0.583. The number of rotatable bonds is 3. The third-order valence-corrected chi connectivity index (χ3v) is 3.31. The molecule has 0 saturated carbocycles. The Morgan fingerprint density at radius 1 is 1.55 bits per heavy atom. The van der Waals surface area contributed by atoms with E-state index in [2.05, 4.69) is 15.6 Å². The minimum atomic E-state index is -4.36. The second-order valence-electron chi connectivity index (χ2n) is 4.91. The van der Waals surface area contributed by atoms with Gasteiger partial charge in [-0.3, -0.25) is 4.79 Å². The summed E-state index contributed by atoms with van der Waals surface area (Å²) in [5, 5.41) is 5.11. The van der Waals surface area contributed by atoms with Crippen LogP contribution >= 0.6 is 0 Å². The number of alkyl halides is 3. The van der Waals surface area contributed by atoms with Gasteiger partial charge in [0.15, 0.2) is 0 Å². The van der Waals surface area contributed by atoms with Gasteiger partial charge in [-0.1, -0.05) is 0 Å². The Morgan fingerprint density at radius 2 is 2.27 bits per heavy atom. The highest BCUT2D eigenvalue weighted by molar-refractivity contribution is 5.87. The quantitative estimate of drug-likeness (QED) is 0.850. The van der Waals surface area contributed by atoms with E-state index in [-0.39, 0.29) is 18.3 Å². The molecule has 22 heavy (non-hydrogen) atoms. The topological polar surface area (TPSA) is 79.3 Å². The summed E-state index contributed by atoms with van der Waals surface area (Å²) in [6.07, 6.45) is -1.92. The summed E-state index contributed by atoms with van der Waals surface area (Å²) in [6.45, 7) is 0.960. The van der Waals surface area contributed by atoms with Crippen molar-refractivity contribution in [3.63, 3.8) is 0 Å². The van der Waals surface area contributed by atoms with E-state index in [1.54, 1.807) is 6.92 Å². The number of carbonyl (C=O) groups excluding carboxylic acids is 2. The molecule has 1 fully saturated rings. The number of piperazine rings is 1. The highest BCUT2D eigenvalue weighted by atomic mass is 19.4. The molecule has 1 unspecified atom stereocenters. The molecule has 1 saturated heterocycles. The average molecular weight is 319 g/mol. The van der Waals surface area contributed by atoms with Crippen LogP contribution in [0.2, 0.25) is 0 Å². The first kappa shape index (κ1) is 16.1. The molecule has 2 rings (SSSR count). The van der Waals surface area contributed by atoms with E-state index in [1.165, 1.54) is 17.3 Å². The standard InChI is InChI=1S/C12H16F3N5O2/c1-8-10(21)17-3-5-20(8)11(22)18-6-9-16-2-4-19(9)7-12(13,14)15/h2,4,8H,3,5-7H2,1H3,(H,17,21)(H,18,22). The van der Waals surface area contributed by atoms with Crippen molar-refractivity contribution in [2.24, 2.45) is 0 Å². The second-order valence-corrected chi connectivity index (χ2v) is 4.91. The minimum Gasteiger partial charge on any atom is -0.353 e. The van der Waals surface area contributed by atoms with Gasteiger partial charge in [-0.05, 0) is 6.92 Å². The lowest BCUT2D eigenvalue weighted by Gasteiger charge is -2.32. The number of nitrogens with zero attached hydrogens (tertiary/aromatic N) is 3. The number of hydrogen-bond donors (Lipinski definition) is 2. The maximum absolute atomic E-state index is 12.4. The van der Waals surface area contributed by atoms with E-state index in [0.717, 1.165) is 4.57 Å². The van der Waals surface area contributed by atoms with Gasteiger partial charge in [-0.2, -0.15) is 13.2 Å². The fourth-order valence-corrected chi connectivity index (χ4v) is 2.16. The number of halogens is 3. The van der Waals surface area contributed by atoms with Crippen molar-refractivity contribution in [2.75, 3.05) is 13.1 Å². The Morgan fingerprint density at radius 3 is 2.95 bits per heavy atom. The van der Waals surface area contributed by atoms with Gasteiger partial charge in [-0.25, -0.2) is 9.78 Å². The van der Waals surface area contributed by atoms with Gasteiger partial charge >= 0.3 is 12.2 Å². The Bertz CT molecular complexity index is 557. The molecule has 2 heterocycles. The molecule has 1 aliphatic heterocycles. The number of nitrogens with one attached hydrogen (secondary N) is 2. The first-order valence-corrected chi connectivity index (χ1v) is 6.67. The van der Waals surface area contributed by atoms with Crippen LogP contribution in [0.5, 0.6) is 0 Å². The van der Waals surface area contributed by atoms with Crippen molar-refractivity contribution in [3.8, 4) is 0 Å². The number of amides is 3. The summed E-state index contributed by atoms with van der Waals surface area (Å²) in [5.74, 6) is -0.167. The fourth-order valence-electron chi connectivity index (χ4n) is 2.16. The molecule has 1 aromatic rings. The van der Waals surface area contributed by atoms with Crippen molar-refractivity contribution >= 4 is 11.9 Å². The highest BCUT2D eigenvalue weighted by Crippen LogP contribution is 2.18. The first-order chi connectivity index (χ1) is 10.3. The molecule has 0 aromatic carbocycles. The largest absolute Gasteiger partial charge is 0.406 e. The van der Waals surface area contributed by atoms with Crippen LogP contribution in [0.15, 0.2) is 12.4 Å². The number of aromatic nitrogens is 2. The van der Waals surface area contributed by atoms with Gasteiger partial charge in [0.25, 0.3) is 0 Å². The van der Waals surface area contributed by atoms with Gasteiger partial charge in [0.2, 0.25) is 5.91 Å². The number of carbonyl (C=O) groups is 2. The van der Waals surface area contributed by atoms with Crippen LogP contribution in [0.4, 0.5) is 18.0 Å². The third kappa shape index (κ3) is 3.89. The maximum atomic E-state index is 12.4. The molecule has 1 aromatic heterocycles. The Labute approximate surface area is 124 Å². The molecule has 3 amide bonds. The van der Waals surface area contributed by atoms with Crippen molar-refractivity contribution in [1.29, 1.82) is 0 Å². The summed E-state index contributed by atoms with van der Waals surface area (Å²) in [5.41, 5.74) is 0. The van der Waals surface area contributed by atoms with Crippen molar-refractivity contribution in [3.05, 3.63) is 18.2 Å². The second kappa shape index (κ2) is 6.24. The first-order valence-electron chi connectivity index (χ1n) is 6.67. The summed E-state index contributed by atoms with van der Waals surface area (Å²) in [7, 11) is 0. The summed E-state index contributed by atoms with van der Waals surface area (Å²) in [6, 6.07) is -1.13. The Hall–Kier alpha value is -2.26. The summed E-state index contributed by atoms with van der Waals surface area (Å²) in [4.78, 5) is 28.6. The zero-order valence-electron chi connectivity index (χ0n) is 11.9. The molecule has 0 spiro atoms. The van der Waals surface area contributed by atoms with Gasteiger partial charge in [0, 0.05) is 25.5 Å². The highest BCUT2D eigenvalue weighted by Gasteiger charge is 2.30. The average Bonchev–Trinajstić information content (AvgIpc) is 2.84. The monoisotopic (exact) mass is 319 g/mol. The lowest BCUT2D eigenvalue weighted by atomic mass is 10.2. The zero-order chi connectivity index (χ0) is 16.3. The summed E-state index contributed by atoms with van der Waals surface area (Å²) >= 11 is 0. The molecule has 2 N–H and O–H groups in total. The normalized spacial score (nSPS) is 19.0. The van der Waals surface area contributed by atoms with Crippen LogP contribution in [0.1, 0.15) is 12.7 Å². The predicted molar refractivity (Wildman–Crippen MR) is 69.7 cm³/mol.